The number of anilines is 1. The van der Waals surface area contributed by atoms with Gasteiger partial charge >= 0.3 is 5.97 Å². The summed E-state index contributed by atoms with van der Waals surface area (Å²) in [5.41, 5.74) is 0.517. The number of aromatic carboxylic acids is 1. The molecule has 0 aliphatic heterocycles. The zero-order valence-corrected chi connectivity index (χ0v) is 11.0. The Bertz CT molecular complexity index is 690. The molecule has 0 spiro atoms. The van der Waals surface area contributed by atoms with Crippen molar-refractivity contribution < 1.29 is 19.5 Å². The lowest BCUT2D eigenvalue weighted by Gasteiger charge is -2.05. The molecule has 2 aromatic rings. The number of benzene rings is 1. The number of aromatic nitrogens is 2. The first kappa shape index (κ1) is 14.3. The molecule has 8 heteroatoms. The first-order valence-electron chi connectivity index (χ1n) is 5.93. The quantitative estimate of drug-likeness (QED) is 0.660. The molecule has 1 aromatic carbocycles. The minimum absolute atomic E-state index is 0.0448. The lowest BCUT2D eigenvalue weighted by molar-refractivity contribution is 0.0696. The van der Waals surface area contributed by atoms with Gasteiger partial charge in [-0.1, -0.05) is 0 Å². The van der Waals surface area contributed by atoms with Crippen molar-refractivity contribution in [1.29, 1.82) is 0 Å². The number of H-pyrrole nitrogens is 1. The molecule has 0 unspecified atom stereocenters. The number of imidazole rings is 1. The van der Waals surface area contributed by atoms with E-state index in [-0.39, 0.29) is 17.0 Å². The Morgan fingerprint density at radius 2 is 1.81 bits per heavy atom. The van der Waals surface area contributed by atoms with Crippen molar-refractivity contribution in [2.75, 3.05) is 12.4 Å². The number of nitrogens with one attached hydrogen (secondary N) is 3. The van der Waals surface area contributed by atoms with E-state index in [4.69, 9.17) is 5.11 Å². The van der Waals surface area contributed by atoms with E-state index in [2.05, 4.69) is 20.6 Å². The van der Waals surface area contributed by atoms with Crippen LogP contribution in [0.1, 0.15) is 31.3 Å². The third-order valence-electron chi connectivity index (χ3n) is 2.70. The van der Waals surface area contributed by atoms with Gasteiger partial charge in [0, 0.05) is 12.7 Å². The van der Waals surface area contributed by atoms with Crippen molar-refractivity contribution in [3.8, 4) is 0 Å². The van der Waals surface area contributed by atoms with Gasteiger partial charge in [0.05, 0.1) is 11.9 Å². The lowest BCUT2D eigenvalue weighted by atomic mass is 10.2. The van der Waals surface area contributed by atoms with Crippen molar-refractivity contribution in [2.24, 2.45) is 0 Å². The smallest absolute Gasteiger partial charge is 0.335 e. The Balaban J connectivity index is 2.16. The summed E-state index contributed by atoms with van der Waals surface area (Å²) in [4.78, 5) is 40.7. The van der Waals surface area contributed by atoms with Gasteiger partial charge in [0.2, 0.25) is 0 Å². The molecule has 4 N–H and O–H groups in total. The van der Waals surface area contributed by atoms with Crippen LogP contribution >= 0.6 is 0 Å². The highest BCUT2D eigenvalue weighted by Crippen LogP contribution is 2.12. The van der Waals surface area contributed by atoms with Crippen LogP contribution in [0.2, 0.25) is 0 Å². The van der Waals surface area contributed by atoms with Crippen LogP contribution in [0.4, 0.5) is 5.69 Å². The van der Waals surface area contributed by atoms with Crippen molar-refractivity contribution in [2.45, 2.75) is 0 Å². The molecule has 0 bridgehead atoms. The van der Waals surface area contributed by atoms with Gasteiger partial charge < -0.3 is 20.7 Å². The zero-order chi connectivity index (χ0) is 15.4. The standard InChI is InChI=1S/C13H12N4O4/c1-14-11(18)9-10(16-6-15-9)12(19)17-8-4-2-7(3-5-8)13(20)21/h2-6H,1H3,(H,14,18)(H,15,16)(H,17,19)(H,20,21). The molecule has 0 fully saturated rings. The number of rotatable bonds is 4. The number of amides is 2. The Hall–Kier alpha value is -3.16. The van der Waals surface area contributed by atoms with Crippen LogP contribution in [0.3, 0.4) is 0 Å². The maximum Gasteiger partial charge on any atom is 0.335 e. The van der Waals surface area contributed by atoms with E-state index < -0.39 is 17.8 Å². The van der Waals surface area contributed by atoms with E-state index in [1.165, 1.54) is 37.6 Å². The second kappa shape index (κ2) is 5.87. The summed E-state index contributed by atoms with van der Waals surface area (Å²) in [5, 5.41) is 13.7. The average Bonchev–Trinajstić information content (AvgIpc) is 2.96. The molecule has 0 atom stereocenters. The maximum atomic E-state index is 12.0. The number of hydrogen-bond acceptors (Lipinski definition) is 4. The molecule has 1 heterocycles. The highest BCUT2D eigenvalue weighted by molar-refractivity contribution is 6.10. The van der Waals surface area contributed by atoms with Crippen LogP contribution in [0, 0.1) is 0 Å². The van der Waals surface area contributed by atoms with Crippen molar-refractivity contribution in [3.63, 3.8) is 0 Å². The summed E-state index contributed by atoms with van der Waals surface area (Å²) in [6, 6.07) is 5.63. The number of carboxylic acid groups (broad SMARTS) is 1. The summed E-state index contributed by atoms with van der Waals surface area (Å²) in [6.07, 6.45) is 1.24. The van der Waals surface area contributed by atoms with Crippen LogP contribution in [0.15, 0.2) is 30.6 Å². The van der Waals surface area contributed by atoms with Gasteiger partial charge in [-0.05, 0) is 24.3 Å². The van der Waals surface area contributed by atoms with E-state index in [9.17, 15) is 14.4 Å². The molecule has 21 heavy (non-hydrogen) atoms. The molecule has 0 aliphatic rings. The molecular weight excluding hydrogens is 276 g/mol. The van der Waals surface area contributed by atoms with Crippen molar-refractivity contribution >= 4 is 23.5 Å². The van der Waals surface area contributed by atoms with E-state index in [1.54, 1.807) is 0 Å². The van der Waals surface area contributed by atoms with Gasteiger partial charge in [-0.25, -0.2) is 9.78 Å². The fraction of sp³-hybridized carbons (Fsp3) is 0.0769. The van der Waals surface area contributed by atoms with Gasteiger partial charge in [-0.2, -0.15) is 0 Å². The predicted molar refractivity (Wildman–Crippen MR) is 73.3 cm³/mol. The van der Waals surface area contributed by atoms with E-state index in [0.717, 1.165) is 0 Å². The highest BCUT2D eigenvalue weighted by atomic mass is 16.4. The van der Waals surface area contributed by atoms with Crippen LogP contribution in [-0.2, 0) is 0 Å². The molecule has 0 aliphatic carbocycles. The van der Waals surface area contributed by atoms with Gasteiger partial charge in [-0.3, -0.25) is 9.59 Å². The largest absolute Gasteiger partial charge is 0.478 e. The molecule has 1 aromatic heterocycles. The number of carbonyl (C=O) groups excluding carboxylic acids is 2. The summed E-state index contributed by atoms with van der Waals surface area (Å²) in [5.74, 6) is -2.08. The lowest BCUT2D eigenvalue weighted by Crippen LogP contribution is -2.23. The molecule has 8 nitrogen and oxygen atoms in total. The first-order chi connectivity index (χ1) is 10.0. The van der Waals surface area contributed by atoms with E-state index in [0.29, 0.717) is 5.69 Å². The van der Waals surface area contributed by atoms with Crippen molar-refractivity contribution in [3.05, 3.63) is 47.5 Å². The van der Waals surface area contributed by atoms with Crippen LogP contribution in [-0.4, -0.2) is 39.9 Å². The highest BCUT2D eigenvalue weighted by Gasteiger charge is 2.19. The molecule has 2 amide bonds. The topological polar surface area (TPSA) is 124 Å². The molecule has 0 saturated carbocycles. The Labute approximate surface area is 119 Å². The number of carbonyl (C=O) groups is 3. The average molecular weight is 288 g/mol. The fourth-order valence-electron chi connectivity index (χ4n) is 1.65. The summed E-state index contributed by atoms with van der Waals surface area (Å²) < 4.78 is 0. The summed E-state index contributed by atoms with van der Waals surface area (Å²) >= 11 is 0. The number of aromatic amines is 1. The number of nitrogens with zero attached hydrogens (tertiary/aromatic N) is 1. The van der Waals surface area contributed by atoms with Gasteiger partial charge in [-0.15, -0.1) is 0 Å². The Morgan fingerprint density at radius 1 is 1.14 bits per heavy atom. The fourth-order valence-corrected chi connectivity index (χ4v) is 1.65. The van der Waals surface area contributed by atoms with Gasteiger partial charge in [0.1, 0.15) is 5.69 Å². The third-order valence-corrected chi connectivity index (χ3v) is 2.70. The van der Waals surface area contributed by atoms with Gasteiger partial charge in [0.15, 0.2) is 5.69 Å². The van der Waals surface area contributed by atoms with Gasteiger partial charge in [0.25, 0.3) is 11.8 Å². The molecule has 0 saturated heterocycles. The molecular formula is C13H12N4O4. The molecule has 2 rings (SSSR count). The predicted octanol–water partition coefficient (Wildman–Crippen LogP) is 0.720. The van der Waals surface area contributed by atoms with E-state index in [1.807, 2.05) is 0 Å². The zero-order valence-electron chi connectivity index (χ0n) is 11.0. The maximum absolute atomic E-state index is 12.0. The monoisotopic (exact) mass is 288 g/mol. The number of carboxylic acids is 1. The summed E-state index contributed by atoms with van der Waals surface area (Å²) in [6.45, 7) is 0. The Kier molecular flexibility index (Phi) is 3.98. The van der Waals surface area contributed by atoms with Crippen LogP contribution in [0.5, 0.6) is 0 Å². The first-order valence-corrected chi connectivity index (χ1v) is 5.93. The van der Waals surface area contributed by atoms with E-state index >= 15 is 0 Å². The number of hydrogen-bond donors (Lipinski definition) is 4. The Morgan fingerprint density at radius 3 is 2.38 bits per heavy atom. The van der Waals surface area contributed by atoms with Crippen LogP contribution in [0.25, 0.3) is 0 Å². The second-order valence-corrected chi connectivity index (χ2v) is 4.04. The molecule has 0 radical (unpaired) electrons. The minimum atomic E-state index is -1.05. The molecule has 108 valence electrons. The SMILES string of the molecule is CNC(=O)c1[nH]cnc1C(=O)Nc1ccc(C(=O)O)cc1. The van der Waals surface area contributed by atoms with Crippen LogP contribution < -0.4 is 10.6 Å². The summed E-state index contributed by atoms with van der Waals surface area (Å²) in [7, 11) is 1.44. The normalized spacial score (nSPS) is 9.95. The van der Waals surface area contributed by atoms with Crippen molar-refractivity contribution in [1.82, 2.24) is 15.3 Å². The third kappa shape index (κ3) is 3.06. The second-order valence-electron chi connectivity index (χ2n) is 4.04. The minimum Gasteiger partial charge on any atom is -0.478 e.